The molecule has 1 aliphatic carbocycles. The summed E-state index contributed by atoms with van der Waals surface area (Å²) in [5.41, 5.74) is 3.49. The lowest BCUT2D eigenvalue weighted by Crippen LogP contribution is -2.17. The number of ether oxygens (including phenoxy) is 1. The van der Waals surface area contributed by atoms with Crippen molar-refractivity contribution in [1.82, 2.24) is 4.98 Å². The molecule has 1 atom stereocenters. The van der Waals surface area contributed by atoms with E-state index in [9.17, 15) is 18.7 Å². The van der Waals surface area contributed by atoms with Gasteiger partial charge in [0, 0.05) is 10.9 Å². The van der Waals surface area contributed by atoms with Gasteiger partial charge in [-0.15, -0.1) is 0 Å². The molecule has 0 radical (unpaired) electrons. The molecule has 0 saturated heterocycles. The highest BCUT2D eigenvalue weighted by Crippen LogP contribution is 2.39. The van der Waals surface area contributed by atoms with Gasteiger partial charge >= 0.3 is 12.6 Å². The molecule has 0 bridgehead atoms. The molecule has 3 aromatic rings. The predicted molar refractivity (Wildman–Crippen MR) is 107 cm³/mol. The molecule has 1 aromatic heterocycles. The number of aromatic nitrogens is 1. The van der Waals surface area contributed by atoms with E-state index in [2.05, 4.69) is 4.74 Å². The molecule has 4 rings (SSSR count). The number of para-hydroxylation sites is 2. The van der Waals surface area contributed by atoms with Crippen LogP contribution in [-0.2, 0) is 6.42 Å². The average Bonchev–Trinajstić information content (AvgIpc) is 2.67. The number of carboxylic acid groups (broad SMARTS) is 1. The summed E-state index contributed by atoms with van der Waals surface area (Å²) in [4.78, 5) is 16.8. The van der Waals surface area contributed by atoms with Gasteiger partial charge < -0.3 is 9.84 Å². The highest BCUT2D eigenvalue weighted by molar-refractivity contribution is 6.06. The fourth-order valence-corrected chi connectivity index (χ4v) is 3.97. The monoisotopic (exact) mass is 395 g/mol. The van der Waals surface area contributed by atoms with Gasteiger partial charge in [0.25, 0.3) is 0 Å². The number of nitrogens with zero attached hydrogens (tertiary/aromatic N) is 1. The topological polar surface area (TPSA) is 59.4 Å². The molecule has 4 nitrogen and oxygen atoms in total. The lowest BCUT2D eigenvalue weighted by Gasteiger charge is -2.26. The number of alkyl halides is 2. The second kappa shape index (κ2) is 7.62. The summed E-state index contributed by atoms with van der Waals surface area (Å²) in [5.74, 6) is -0.721. The Bertz CT molecular complexity index is 1120. The van der Waals surface area contributed by atoms with Crippen LogP contribution in [0.1, 0.15) is 40.5 Å². The van der Waals surface area contributed by atoms with E-state index in [0.717, 1.165) is 5.57 Å². The summed E-state index contributed by atoms with van der Waals surface area (Å²) in [7, 11) is 0. The van der Waals surface area contributed by atoms with E-state index < -0.39 is 12.6 Å². The maximum absolute atomic E-state index is 12.8. The van der Waals surface area contributed by atoms with Crippen LogP contribution in [0.5, 0.6) is 5.75 Å². The SMILES string of the molecule is CC1C/C(=C/c2ccccc2OC(F)F)c2nc3ccccc3c(C(=O)O)c2C1. The van der Waals surface area contributed by atoms with Crippen LogP contribution < -0.4 is 4.74 Å². The fourth-order valence-electron chi connectivity index (χ4n) is 3.97. The molecule has 0 aliphatic heterocycles. The first-order valence-corrected chi connectivity index (χ1v) is 9.33. The Balaban J connectivity index is 1.94. The predicted octanol–water partition coefficient (Wildman–Crippen LogP) is 5.66. The highest BCUT2D eigenvalue weighted by Gasteiger charge is 2.28. The molecule has 1 aliphatic rings. The molecule has 0 spiro atoms. The van der Waals surface area contributed by atoms with Gasteiger partial charge in [0.1, 0.15) is 5.75 Å². The van der Waals surface area contributed by atoms with E-state index in [-0.39, 0.29) is 17.2 Å². The number of aromatic carboxylic acids is 1. The lowest BCUT2D eigenvalue weighted by molar-refractivity contribution is -0.0499. The number of allylic oxidation sites excluding steroid dienone is 1. The number of fused-ring (bicyclic) bond motifs is 2. The highest BCUT2D eigenvalue weighted by atomic mass is 19.3. The van der Waals surface area contributed by atoms with Gasteiger partial charge in [0.15, 0.2) is 0 Å². The molecule has 1 heterocycles. The Morgan fingerprint density at radius 3 is 2.66 bits per heavy atom. The molecule has 0 saturated carbocycles. The molecule has 0 amide bonds. The zero-order chi connectivity index (χ0) is 20.5. The van der Waals surface area contributed by atoms with E-state index in [1.807, 2.05) is 13.0 Å². The first kappa shape index (κ1) is 19.1. The van der Waals surface area contributed by atoms with Crippen molar-refractivity contribution in [2.24, 2.45) is 5.92 Å². The van der Waals surface area contributed by atoms with Crippen molar-refractivity contribution in [3.63, 3.8) is 0 Å². The van der Waals surface area contributed by atoms with Crippen molar-refractivity contribution in [3.05, 3.63) is 70.9 Å². The lowest BCUT2D eigenvalue weighted by atomic mass is 9.80. The Morgan fingerprint density at radius 1 is 1.17 bits per heavy atom. The van der Waals surface area contributed by atoms with E-state index >= 15 is 0 Å². The Labute approximate surface area is 166 Å². The Kier molecular flexibility index (Phi) is 5.01. The minimum atomic E-state index is -2.92. The van der Waals surface area contributed by atoms with E-state index in [1.54, 1.807) is 42.5 Å². The summed E-state index contributed by atoms with van der Waals surface area (Å²) in [6.07, 6.45) is 3.04. The third-order valence-corrected chi connectivity index (χ3v) is 5.10. The number of rotatable bonds is 4. The van der Waals surface area contributed by atoms with Crippen molar-refractivity contribution >= 4 is 28.5 Å². The summed E-state index contributed by atoms with van der Waals surface area (Å²) in [6.45, 7) is -0.882. The Morgan fingerprint density at radius 2 is 1.90 bits per heavy atom. The summed E-state index contributed by atoms with van der Waals surface area (Å²) in [6, 6.07) is 13.7. The van der Waals surface area contributed by atoms with Crippen LogP contribution >= 0.6 is 0 Å². The van der Waals surface area contributed by atoms with E-state index in [4.69, 9.17) is 4.98 Å². The molecule has 0 fully saturated rings. The number of carbonyl (C=O) groups is 1. The maximum Gasteiger partial charge on any atom is 0.387 e. The van der Waals surface area contributed by atoms with Gasteiger partial charge in [-0.25, -0.2) is 9.78 Å². The number of halogens is 2. The number of hydrogen-bond donors (Lipinski definition) is 1. The molecular formula is C23H19F2NO3. The third kappa shape index (κ3) is 3.70. The smallest absolute Gasteiger partial charge is 0.387 e. The number of benzene rings is 2. The van der Waals surface area contributed by atoms with Crippen LogP contribution in [0.15, 0.2) is 48.5 Å². The molecule has 148 valence electrons. The maximum atomic E-state index is 12.8. The zero-order valence-electron chi connectivity index (χ0n) is 15.7. The molecule has 1 N–H and O–H groups in total. The van der Waals surface area contributed by atoms with Crippen LogP contribution in [0.25, 0.3) is 22.6 Å². The number of carboxylic acids is 1. The van der Waals surface area contributed by atoms with Gasteiger partial charge in [-0.05, 0) is 48.1 Å². The van der Waals surface area contributed by atoms with Crippen LogP contribution in [0.3, 0.4) is 0 Å². The van der Waals surface area contributed by atoms with Crippen LogP contribution in [0.4, 0.5) is 8.78 Å². The van der Waals surface area contributed by atoms with E-state index in [1.165, 1.54) is 6.07 Å². The van der Waals surface area contributed by atoms with Crippen LogP contribution in [-0.4, -0.2) is 22.7 Å². The van der Waals surface area contributed by atoms with Crippen molar-refractivity contribution in [1.29, 1.82) is 0 Å². The third-order valence-electron chi connectivity index (χ3n) is 5.10. The minimum absolute atomic E-state index is 0.0778. The number of hydrogen-bond acceptors (Lipinski definition) is 3. The molecule has 1 unspecified atom stereocenters. The quantitative estimate of drug-likeness (QED) is 0.619. The first-order valence-electron chi connectivity index (χ1n) is 9.33. The van der Waals surface area contributed by atoms with Gasteiger partial charge in [-0.1, -0.05) is 43.3 Å². The number of pyridine rings is 1. The van der Waals surface area contributed by atoms with Crippen LogP contribution in [0.2, 0.25) is 0 Å². The van der Waals surface area contributed by atoms with Crippen molar-refractivity contribution in [2.75, 3.05) is 0 Å². The largest absolute Gasteiger partial charge is 0.478 e. The molecule has 29 heavy (non-hydrogen) atoms. The van der Waals surface area contributed by atoms with Crippen molar-refractivity contribution in [3.8, 4) is 5.75 Å². The Hall–Kier alpha value is -3.28. The summed E-state index contributed by atoms with van der Waals surface area (Å²) >= 11 is 0. The van der Waals surface area contributed by atoms with Crippen LogP contribution in [0, 0.1) is 5.92 Å². The van der Waals surface area contributed by atoms with Crippen molar-refractivity contribution < 1.29 is 23.4 Å². The second-order valence-corrected chi connectivity index (χ2v) is 7.24. The summed E-state index contributed by atoms with van der Waals surface area (Å²) in [5, 5.41) is 10.5. The van der Waals surface area contributed by atoms with Gasteiger partial charge in [0.05, 0.1) is 16.8 Å². The molecular weight excluding hydrogens is 376 g/mol. The first-order chi connectivity index (χ1) is 13.9. The van der Waals surface area contributed by atoms with Gasteiger partial charge in [0.2, 0.25) is 0 Å². The average molecular weight is 395 g/mol. The zero-order valence-corrected chi connectivity index (χ0v) is 15.7. The van der Waals surface area contributed by atoms with E-state index in [0.29, 0.717) is 40.6 Å². The second-order valence-electron chi connectivity index (χ2n) is 7.24. The minimum Gasteiger partial charge on any atom is -0.478 e. The molecule has 6 heteroatoms. The standard InChI is InChI=1S/C23H19F2NO3/c1-13-10-15(12-14-6-2-5-9-19(14)29-23(24)25)21-17(11-13)20(22(27)28)16-7-3-4-8-18(16)26-21/h2-9,12-13,23H,10-11H2,1H3,(H,27,28)/b15-12-. The van der Waals surface area contributed by atoms with Gasteiger partial charge in [-0.2, -0.15) is 8.78 Å². The molecule has 2 aromatic carbocycles. The fraction of sp³-hybridized carbons (Fsp3) is 0.217. The summed E-state index contributed by atoms with van der Waals surface area (Å²) < 4.78 is 30.2. The van der Waals surface area contributed by atoms with Gasteiger partial charge in [-0.3, -0.25) is 0 Å². The normalized spacial score (nSPS) is 17.5. The van der Waals surface area contributed by atoms with Crippen molar-refractivity contribution in [2.45, 2.75) is 26.4 Å².